The van der Waals surface area contributed by atoms with Gasteiger partial charge >= 0.3 is 13.6 Å². The fraction of sp³-hybridized carbons (Fsp3) is 0.632. The average molecular weight is 383 g/mol. The van der Waals surface area contributed by atoms with Crippen molar-refractivity contribution in [3.05, 3.63) is 35.4 Å². The van der Waals surface area contributed by atoms with Crippen molar-refractivity contribution in [2.24, 2.45) is 0 Å². The first-order valence-corrected chi connectivity index (χ1v) is 10.8. The molecule has 2 rings (SSSR count). The van der Waals surface area contributed by atoms with E-state index in [2.05, 4.69) is 0 Å². The molecule has 6 nitrogen and oxygen atoms in total. The molecule has 3 unspecified atom stereocenters. The highest BCUT2D eigenvalue weighted by molar-refractivity contribution is 7.57. The van der Waals surface area contributed by atoms with Gasteiger partial charge in [-0.3, -0.25) is 4.57 Å². The highest BCUT2D eigenvalue weighted by Gasteiger charge is 2.47. The van der Waals surface area contributed by atoms with E-state index < -0.39 is 31.1 Å². The van der Waals surface area contributed by atoms with Gasteiger partial charge < -0.3 is 14.4 Å². The monoisotopic (exact) mass is 383 g/mol. The van der Waals surface area contributed by atoms with Gasteiger partial charge in [0.1, 0.15) is 11.4 Å². The van der Waals surface area contributed by atoms with E-state index in [0.717, 1.165) is 24.0 Å². The van der Waals surface area contributed by atoms with E-state index in [1.807, 2.05) is 24.3 Å². The summed E-state index contributed by atoms with van der Waals surface area (Å²) in [7, 11) is -3.85. The van der Waals surface area contributed by atoms with E-state index in [1.54, 1.807) is 27.7 Å². The number of ether oxygens (including phenoxy) is 1. The van der Waals surface area contributed by atoms with Crippen LogP contribution in [0.5, 0.6) is 0 Å². The molecule has 146 valence electrons. The Morgan fingerprint density at radius 1 is 1.38 bits per heavy atom. The lowest BCUT2D eigenvalue weighted by molar-refractivity contribution is 0.0269. The predicted octanol–water partition coefficient (Wildman–Crippen LogP) is 4.87. The Morgan fingerprint density at radius 2 is 2.04 bits per heavy atom. The quantitative estimate of drug-likeness (QED) is 0.734. The zero-order valence-electron chi connectivity index (χ0n) is 16.3. The number of nitrogens with zero attached hydrogens (tertiary/aromatic N) is 1. The molecule has 1 aromatic carbocycles. The molecule has 0 aliphatic heterocycles. The fourth-order valence-electron chi connectivity index (χ4n) is 3.26. The van der Waals surface area contributed by atoms with Gasteiger partial charge in [-0.2, -0.15) is 0 Å². The second-order valence-corrected chi connectivity index (χ2v) is 10.1. The second kappa shape index (κ2) is 8.12. The lowest BCUT2D eigenvalue weighted by Gasteiger charge is -2.41. The van der Waals surface area contributed by atoms with Crippen LogP contribution in [0, 0.1) is 0 Å². The number of carbonyl (C=O) groups excluding carboxylic acids is 1. The summed E-state index contributed by atoms with van der Waals surface area (Å²) in [5.74, 6) is -1.32. The minimum Gasteiger partial charge on any atom is -0.443 e. The van der Waals surface area contributed by atoms with Crippen molar-refractivity contribution in [3.63, 3.8) is 0 Å². The van der Waals surface area contributed by atoms with Crippen LogP contribution in [0.15, 0.2) is 24.3 Å². The minimum absolute atomic E-state index is 0.121. The Kier molecular flexibility index (Phi) is 6.54. The third-order valence-electron chi connectivity index (χ3n) is 4.30. The fourth-order valence-corrected chi connectivity index (χ4v) is 5.23. The van der Waals surface area contributed by atoms with Gasteiger partial charge in [-0.25, -0.2) is 9.46 Å². The van der Waals surface area contributed by atoms with Gasteiger partial charge in [0.25, 0.3) is 0 Å². The molecule has 1 amide bonds. The number of carbonyl (C=O) groups is 1. The first-order valence-electron chi connectivity index (χ1n) is 9.13. The number of aliphatic hydroxyl groups is 1. The highest BCUT2D eigenvalue weighted by Crippen LogP contribution is 2.60. The van der Waals surface area contributed by atoms with Crippen LogP contribution in [0.25, 0.3) is 0 Å². The third-order valence-corrected chi connectivity index (χ3v) is 6.92. The molecule has 0 aromatic heterocycles. The van der Waals surface area contributed by atoms with Crippen LogP contribution in [0.2, 0.25) is 0 Å². The topological polar surface area (TPSA) is 76.1 Å². The maximum Gasteiger partial charge on any atom is 0.418 e. The van der Waals surface area contributed by atoms with Gasteiger partial charge in [-0.15, -0.1) is 0 Å². The molecule has 3 atom stereocenters. The number of amides is 1. The molecule has 1 N–H and O–H groups in total. The van der Waals surface area contributed by atoms with Crippen molar-refractivity contribution in [1.82, 2.24) is 4.67 Å². The van der Waals surface area contributed by atoms with E-state index in [9.17, 15) is 14.5 Å². The van der Waals surface area contributed by atoms with E-state index in [1.165, 1.54) is 11.6 Å². The zero-order valence-corrected chi connectivity index (χ0v) is 17.2. The van der Waals surface area contributed by atoms with Crippen molar-refractivity contribution >= 4 is 13.6 Å². The standard InChI is InChI=1S/C19H30NO5P/c1-6-24-26(23,14(2)21)20(18(22)25-19(3,4)5)17-13-9-11-15-10-7-8-12-16(15)17/h7-8,10,12,14,17,21H,6,9,11,13H2,1-5H3. The molecule has 0 radical (unpaired) electrons. The Bertz CT molecular complexity index is 683. The van der Waals surface area contributed by atoms with Crippen LogP contribution in [-0.4, -0.2) is 33.9 Å². The van der Waals surface area contributed by atoms with E-state index >= 15 is 0 Å². The van der Waals surface area contributed by atoms with Crippen LogP contribution < -0.4 is 0 Å². The molecule has 7 heteroatoms. The molecule has 0 spiro atoms. The largest absolute Gasteiger partial charge is 0.443 e. The number of aryl methyl sites for hydroxylation is 1. The number of benzene rings is 1. The summed E-state index contributed by atoms with van der Waals surface area (Å²) < 4.78 is 25.8. The van der Waals surface area contributed by atoms with Crippen molar-refractivity contribution < 1.29 is 23.7 Å². The summed E-state index contributed by atoms with van der Waals surface area (Å²) in [5, 5.41) is 10.3. The van der Waals surface area contributed by atoms with Crippen LogP contribution in [0.3, 0.4) is 0 Å². The van der Waals surface area contributed by atoms with Crippen LogP contribution >= 0.6 is 7.52 Å². The molecule has 0 fully saturated rings. The van der Waals surface area contributed by atoms with Crippen LogP contribution in [0.4, 0.5) is 4.79 Å². The maximum atomic E-state index is 13.6. The molecule has 0 saturated heterocycles. The highest BCUT2D eigenvalue weighted by atomic mass is 31.2. The van der Waals surface area contributed by atoms with Gasteiger partial charge in [0.05, 0.1) is 12.6 Å². The molecule has 1 aromatic rings. The smallest absolute Gasteiger partial charge is 0.418 e. The van der Waals surface area contributed by atoms with E-state index in [4.69, 9.17) is 9.26 Å². The van der Waals surface area contributed by atoms with Crippen LogP contribution in [0.1, 0.15) is 64.6 Å². The lowest BCUT2D eigenvalue weighted by atomic mass is 9.88. The molecular formula is C19H30NO5P. The Hall–Kier alpha value is -1.36. The van der Waals surface area contributed by atoms with E-state index in [0.29, 0.717) is 6.42 Å². The summed E-state index contributed by atoms with van der Waals surface area (Å²) in [4.78, 5) is 13.0. The van der Waals surface area contributed by atoms with Crippen molar-refractivity contribution in [1.29, 1.82) is 0 Å². The Labute approximate surface area is 156 Å². The summed E-state index contributed by atoms with van der Waals surface area (Å²) in [6.45, 7) is 8.47. The summed E-state index contributed by atoms with van der Waals surface area (Å²) in [5.41, 5.74) is 1.30. The van der Waals surface area contributed by atoms with Crippen LogP contribution in [-0.2, 0) is 20.2 Å². The van der Waals surface area contributed by atoms with Gasteiger partial charge in [0, 0.05) is 0 Å². The molecule has 26 heavy (non-hydrogen) atoms. The van der Waals surface area contributed by atoms with Gasteiger partial charge in [0.15, 0.2) is 0 Å². The molecule has 1 aliphatic carbocycles. The molecule has 0 saturated carbocycles. The number of hydrogen-bond donors (Lipinski definition) is 1. The summed E-state index contributed by atoms with van der Waals surface area (Å²) >= 11 is 0. The number of hydrogen-bond acceptors (Lipinski definition) is 5. The molecule has 0 bridgehead atoms. The second-order valence-electron chi connectivity index (χ2n) is 7.55. The summed E-state index contributed by atoms with van der Waals surface area (Å²) in [6, 6.07) is 7.35. The van der Waals surface area contributed by atoms with Gasteiger partial charge in [0.2, 0.25) is 0 Å². The first-order chi connectivity index (χ1) is 12.1. The molecule has 0 heterocycles. The zero-order chi connectivity index (χ0) is 19.5. The average Bonchev–Trinajstić information content (AvgIpc) is 2.53. The van der Waals surface area contributed by atoms with Gasteiger partial charge in [-0.1, -0.05) is 24.3 Å². The Balaban J connectivity index is 2.54. The van der Waals surface area contributed by atoms with Crippen molar-refractivity contribution in [2.45, 2.75) is 71.4 Å². The number of fused-ring (bicyclic) bond motifs is 1. The number of rotatable bonds is 5. The van der Waals surface area contributed by atoms with Crippen molar-refractivity contribution in [2.75, 3.05) is 6.61 Å². The molecular weight excluding hydrogens is 353 g/mol. The normalized spacial score (nSPS) is 20.6. The Morgan fingerprint density at radius 3 is 2.62 bits per heavy atom. The SMILES string of the molecule is CCOP(=O)(C(C)O)N(C(=O)OC(C)(C)C)C1CCCc2ccccc21. The predicted molar refractivity (Wildman–Crippen MR) is 101 cm³/mol. The lowest BCUT2D eigenvalue weighted by Crippen LogP contribution is -2.40. The van der Waals surface area contributed by atoms with Gasteiger partial charge in [-0.05, 0) is 65.0 Å². The third kappa shape index (κ3) is 4.48. The van der Waals surface area contributed by atoms with E-state index in [-0.39, 0.29) is 6.61 Å². The molecule has 1 aliphatic rings. The minimum atomic E-state index is -3.85. The number of aliphatic hydroxyl groups excluding tert-OH is 1. The maximum absolute atomic E-state index is 13.6. The summed E-state index contributed by atoms with van der Waals surface area (Å²) in [6.07, 6.45) is 1.67. The van der Waals surface area contributed by atoms with Crippen molar-refractivity contribution in [3.8, 4) is 0 Å². The first kappa shape index (κ1) is 20.9.